The lowest BCUT2D eigenvalue weighted by Gasteiger charge is -2.13. The summed E-state index contributed by atoms with van der Waals surface area (Å²) >= 11 is 3.20. The molecule has 0 aromatic carbocycles. The molecule has 0 aliphatic rings. The molecule has 1 aromatic heterocycles. The molecule has 18 heavy (non-hydrogen) atoms. The van der Waals surface area contributed by atoms with Gasteiger partial charge in [-0.3, -0.25) is 9.59 Å². The van der Waals surface area contributed by atoms with Crippen LogP contribution < -0.4 is 5.32 Å². The number of aromatic nitrogens is 1. The molecule has 1 atom stereocenters. The van der Waals surface area contributed by atoms with E-state index in [9.17, 15) is 9.59 Å². The van der Waals surface area contributed by atoms with Crippen LogP contribution >= 0.6 is 15.9 Å². The molecular formula is C12H15BrN2O3. The van der Waals surface area contributed by atoms with Crippen LogP contribution in [0.5, 0.6) is 0 Å². The lowest BCUT2D eigenvalue weighted by Crippen LogP contribution is -2.30. The Morgan fingerprint density at radius 1 is 1.56 bits per heavy atom. The van der Waals surface area contributed by atoms with Gasteiger partial charge in [-0.2, -0.15) is 0 Å². The van der Waals surface area contributed by atoms with E-state index >= 15 is 0 Å². The summed E-state index contributed by atoms with van der Waals surface area (Å²) < 4.78 is 0.480. The van der Waals surface area contributed by atoms with E-state index in [4.69, 9.17) is 5.11 Å². The van der Waals surface area contributed by atoms with Crippen LogP contribution in [0.3, 0.4) is 0 Å². The molecule has 0 spiro atoms. The molecule has 0 saturated heterocycles. The van der Waals surface area contributed by atoms with Gasteiger partial charge in [0.1, 0.15) is 4.60 Å². The summed E-state index contributed by atoms with van der Waals surface area (Å²) in [4.78, 5) is 26.4. The number of halogens is 1. The molecule has 5 nitrogen and oxygen atoms in total. The zero-order valence-electron chi connectivity index (χ0n) is 10.0. The first-order valence-corrected chi connectivity index (χ1v) is 6.44. The Kier molecular flexibility index (Phi) is 5.77. The lowest BCUT2D eigenvalue weighted by atomic mass is 10.0. The number of pyridine rings is 1. The van der Waals surface area contributed by atoms with Gasteiger partial charge in [0.2, 0.25) is 0 Å². The first kappa shape index (κ1) is 14.6. The molecule has 0 radical (unpaired) electrons. The van der Waals surface area contributed by atoms with Crippen LogP contribution in [0, 0.1) is 5.92 Å². The maximum absolute atomic E-state index is 11.8. The third kappa shape index (κ3) is 4.44. The average molecular weight is 315 g/mol. The maximum atomic E-state index is 11.8. The summed E-state index contributed by atoms with van der Waals surface area (Å²) in [5.41, 5.74) is 0.447. The van der Waals surface area contributed by atoms with Gasteiger partial charge in [0.15, 0.2) is 0 Å². The summed E-state index contributed by atoms with van der Waals surface area (Å²) in [6.07, 6.45) is 2.35. The van der Waals surface area contributed by atoms with Gasteiger partial charge in [-0.1, -0.05) is 13.3 Å². The number of hydrogen-bond acceptors (Lipinski definition) is 3. The zero-order chi connectivity index (χ0) is 13.5. The number of carbonyl (C=O) groups is 2. The fourth-order valence-corrected chi connectivity index (χ4v) is 1.93. The van der Waals surface area contributed by atoms with Crippen LogP contribution in [-0.2, 0) is 4.79 Å². The first-order chi connectivity index (χ1) is 8.54. The molecule has 0 bridgehead atoms. The minimum Gasteiger partial charge on any atom is -0.481 e. The Hall–Kier alpha value is -1.43. The Bertz CT molecular complexity index is 437. The highest BCUT2D eigenvalue weighted by atomic mass is 79.9. The molecule has 1 aromatic rings. The minimum absolute atomic E-state index is 0.0538. The van der Waals surface area contributed by atoms with Gasteiger partial charge in [-0.05, 0) is 34.0 Å². The van der Waals surface area contributed by atoms with Gasteiger partial charge in [0.05, 0.1) is 5.56 Å². The number of carboxylic acids is 1. The molecule has 1 amide bonds. The molecule has 1 heterocycles. The van der Waals surface area contributed by atoms with E-state index in [0.29, 0.717) is 23.1 Å². The standard InChI is InChI=1S/C12H15BrN2O3/c1-2-8(6-10(16)17)7-15-12(18)9-4-3-5-14-11(9)13/h3-5,8H,2,6-7H2,1H3,(H,15,18)(H,16,17). The second-order valence-corrected chi connectivity index (χ2v) is 4.68. The van der Waals surface area contributed by atoms with Crippen LogP contribution in [0.25, 0.3) is 0 Å². The number of carboxylic acid groups (broad SMARTS) is 1. The number of hydrogen-bond donors (Lipinski definition) is 2. The molecule has 1 unspecified atom stereocenters. The van der Waals surface area contributed by atoms with Gasteiger partial charge in [0, 0.05) is 19.2 Å². The lowest BCUT2D eigenvalue weighted by molar-refractivity contribution is -0.138. The maximum Gasteiger partial charge on any atom is 0.303 e. The van der Waals surface area contributed by atoms with Crippen molar-refractivity contribution in [1.29, 1.82) is 0 Å². The van der Waals surface area contributed by atoms with Gasteiger partial charge in [-0.15, -0.1) is 0 Å². The topological polar surface area (TPSA) is 79.3 Å². The van der Waals surface area contributed by atoms with Gasteiger partial charge < -0.3 is 10.4 Å². The van der Waals surface area contributed by atoms with E-state index in [0.717, 1.165) is 0 Å². The van der Waals surface area contributed by atoms with Crippen molar-refractivity contribution in [2.75, 3.05) is 6.54 Å². The van der Waals surface area contributed by atoms with Crippen molar-refractivity contribution in [2.24, 2.45) is 5.92 Å². The van der Waals surface area contributed by atoms with Gasteiger partial charge in [0.25, 0.3) is 5.91 Å². The van der Waals surface area contributed by atoms with E-state index in [1.165, 1.54) is 0 Å². The predicted octanol–water partition coefficient (Wildman–Crippen LogP) is 2.07. The van der Waals surface area contributed by atoms with Crippen molar-refractivity contribution in [2.45, 2.75) is 19.8 Å². The smallest absolute Gasteiger partial charge is 0.303 e. The zero-order valence-corrected chi connectivity index (χ0v) is 11.6. The quantitative estimate of drug-likeness (QED) is 0.788. The van der Waals surface area contributed by atoms with Gasteiger partial charge in [-0.25, -0.2) is 4.98 Å². The van der Waals surface area contributed by atoms with Crippen LogP contribution in [0.15, 0.2) is 22.9 Å². The van der Waals surface area contributed by atoms with Crippen molar-refractivity contribution in [3.8, 4) is 0 Å². The van der Waals surface area contributed by atoms with Crippen LogP contribution in [0.2, 0.25) is 0 Å². The fraction of sp³-hybridized carbons (Fsp3) is 0.417. The highest BCUT2D eigenvalue weighted by Gasteiger charge is 2.14. The summed E-state index contributed by atoms with van der Waals surface area (Å²) in [5.74, 6) is -1.15. The SMILES string of the molecule is CCC(CNC(=O)c1cccnc1Br)CC(=O)O. The Labute approximate surface area is 114 Å². The highest BCUT2D eigenvalue weighted by Crippen LogP contribution is 2.13. The minimum atomic E-state index is -0.848. The molecule has 0 fully saturated rings. The molecule has 0 aliphatic heterocycles. The third-order valence-corrected chi connectivity index (χ3v) is 3.23. The molecule has 0 saturated carbocycles. The van der Waals surface area contributed by atoms with Crippen LogP contribution in [0.4, 0.5) is 0 Å². The summed E-state index contributed by atoms with van der Waals surface area (Å²) in [6, 6.07) is 3.33. The average Bonchev–Trinajstić information content (AvgIpc) is 2.34. The van der Waals surface area contributed by atoms with E-state index < -0.39 is 5.97 Å². The van der Waals surface area contributed by atoms with Crippen molar-refractivity contribution in [1.82, 2.24) is 10.3 Å². The second-order valence-electron chi connectivity index (χ2n) is 3.92. The molecule has 0 aliphatic carbocycles. The molecular weight excluding hydrogens is 300 g/mol. The summed E-state index contributed by atoms with van der Waals surface area (Å²) in [7, 11) is 0. The van der Waals surface area contributed by atoms with Crippen molar-refractivity contribution < 1.29 is 14.7 Å². The van der Waals surface area contributed by atoms with E-state index in [-0.39, 0.29) is 18.2 Å². The monoisotopic (exact) mass is 314 g/mol. The van der Waals surface area contributed by atoms with Crippen molar-refractivity contribution in [3.63, 3.8) is 0 Å². The number of carbonyl (C=O) groups excluding carboxylic acids is 1. The first-order valence-electron chi connectivity index (χ1n) is 5.65. The van der Waals surface area contributed by atoms with Crippen molar-refractivity contribution >= 4 is 27.8 Å². The Balaban J connectivity index is 2.55. The number of nitrogens with one attached hydrogen (secondary N) is 1. The Morgan fingerprint density at radius 3 is 2.83 bits per heavy atom. The molecule has 98 valence electrons. The molecule has 1 rings (SSSR count). The second kappa shape index (κ2) is 7.10. The van der Waals surface area contributed by atoms with E-state index in [1.54, 1.807) is 18.3 Å². The summed E-state index contributed by atoms with van der Waals surface area (Å²) in [6.45, 7) is 2.25. The van der Waals surface area contributed by atoms with E-state index in [1.807, 2.05) is 6.92 Å². The number of rotatable bonds is 6. The third-order valence-electron chi connectivity index (χ3n) is 2.60. The van der Waals surface area contributed by atoms with Crippen LogP contribution in [-0.4, -0.2) is 28.5 Å². The van der Waals surface area contributed by atoms with Gasteiger partial charge >= 0.3 is 5.97 Å². The molecule has 6 heteroatoms. The summed E-state index contributed by atoms with van der Waals surface area (Å²) in [5, 5.41) is 11.4. The van der Waals surface area contributed by atoms with E-state index in [2.05, 4.69) is 26.2 Å². The predicted molar refractivity (Wildman–Crippen MR) is 70.3 cm³/mol. The number of aliphatic carboxylic acids is 1. The number of nitrogens with zero attached hydrogens (tertiary/aromatic N) is 1. The number of amides is 1. The fourth-order valence-electron chi connectivity index (χ4n) is 1.50. The van der Waals surface area contributed by atoms with Crippen molar-refractivity contribution in [3.05, 3.63) is 28.5 Å². The van der Waals surface area contributed by atoms with Crippen LogP contribution in [0.1, 0.15) is 30.1 Å². The highest BCUT2D eigenvalue weighted by molar-refractivity contribution is 9.10. The molecule has 2 N–H and O–H groups in total. The normalized spacial score (nSPS) is 11.9. The largest absolute Gasteiger partial charge is 0.481 e. The Morgan fingerprint density at radius 2 is 2.28 bits per heavy atom.